The van der Waals surface area contributed by atoms with Crippen LogP contribution in [0.5, 0.6) is 5.75 Å². The van der Waals surface area contributed by atoms with Gasteiger partial charge in [0.1, 0.15) is 12.4 Å². The number of hydrogen-bond donors (Lipinski definition) is 3. The number of carbonyl (C=O) groups is 1. The van der Waals surface area contributed by atoms with Crippen molar-refractivity contribution in [2.45, 2.75) is 19.4 Å². The molecule has 0 saturated heterocycles. The third-order valence-electron chi connectivity index (χ3n) is 3.56. The van der Waals surface area contributed by atoms with Gasteiger partial charge in [-0.3, -0.25) is 4.79 Å². The van der Waals surface area contributed by atoms with Gasteiger partial charge in [0.05, 0.1) is 13.2 Å². The molecule has 2 rings (SSSR count). The molecule has 0 aromatic heterocycles. The lowest BCUT2D eigenvalue weighted by molar-refractivity contribution is -0.118. The number of hydrogen-bond acceptors (Lipinski definition) is 4. The highest BCUT2D eigenvalue weighted by atomic mass is 16.5. The summed E-state index contributed by atoms with van der Waals surface area (Å²) in [4.78, 5) is 11.3. The van der Waals surface area contributed by atoms with Crippen molar-refractivity contribution in [3.8, 4) is 5.75 Å². The predicted molar refractivity (Wildman–Crippen MR) is 91.8 cm³/mol. The van der Waals surface area contributed by atoms with Gasteiger partial charge in [0.25, 0.3) is 0 Å². The highest BCUT2D eigenvalue weighted by Gasteiger charge is 2.10. The maximum absolute atomic E-state index is 11.3. The second-order valence-corrected chi connectivity index (χ2v) is 5.17. The Morgan fingerprint density at radius 3 is 2.48 bits per heavy atom. The maximum Gasteiger partial charge on any atom is 0.250 e. The standard InChI is InChI=1S/C18H22N2O3/c1-3-17(13-7-9-16(23-2)10-8-13)19-14-5-4-6-15(11-14)20-18(22)12-21/h4-11,17,19,21H,3,12H2,1-2H3,(H,20,22). The van der Waals surface area contributed by atoms with E-state index in [-0.39, 0.29) is 6.04 Å². The van der Waals surface area contributed by atoms with E-state index in [9.17, 15) is 4.79 Å². The molecular weight excluding hydrogens is 292 g/mol. The summed E-state index contributed by atoms with van der Waals surface area (Å²) in [5, 5.41) is 14.9. The molecule has 2 aromatic carbocycles. The fraction of sp³-hybridized carbons (Fsp3) is 0.278. The zero-order valence-electron chi connectivity index (χ0n) is 13.4. The first kappa shape index (κ1) is 16.8. The van der Waals surface area contributed by atoms with E-state index in [1.165, 1.54) is 0 Å². The Morgan fingerprint density at radius 1 is 1.17 bits per heavy atom. The van der Waals surface area contributed by atoms with Crippen molar-refractivity contribution in [1.82, 2.24) is 0 Å². The molecule has 2 aromatic rings. The van der Waals surface area contributed by atoms with Crippen molar-refractivity contribution in [3.05, 3.63) is 54.1 Å². The van der Waals surface area contributed by atoms with Crippen LogP contribution in [0.25, 0.3) is 0 Å². The molecule has 1 atom stereocenters. The van der Waals surface area contributed by atoms with Gasteiger partial charge in [-0.25, -0.2) is 0 Å². The van der Waals surface area contributed by atoms with Gasteiger partial charge >= 0.3 is 0 Å². The van der Waals surface area contributed by atoms with Crippen molar-refractivity contribution in [2.24, 2.45) is 0 Å². The molecule has 0 bridgehead atoms. The van der Waals surface area contributed by atoms with Crippen LogP contribution in [0.4, 0.5) is 11.4 Å². The predicted octanol–water partition coefficient (Wildman–Crippen LogP) is 3.19. The van der Waals surface area contributed by atoms with Crippen LogP contribution in [0.2, 0.25) is 0 Å². The molecule has 0 spiro atoms. The first-order valence-corrected chi connectivity index (χ1v) is 7.57. The third kappa shape index (κ3) is 4.72. The van der Waals surface area contributed by atoms with Crippen LogP contribution in [-0.2, 0) is 4.79 Å². The molecular formula is C18H22N2O3. The molecule has 0 radical (unpaired) electrons. The van der Waals surface area contributed by atoms with Crippen LogP contribution in [0.15, 0.2) is 48.5 Å². The van der Waals surface area contributed by atoms with Crippen LogP contribution < -0.4 is 15.4 Å². The first-order chi connectivity index (χ1) is 11.2. The van der Waals surface area contributed by atoms with Crippen molar-refractivity contribution in [3.63, 3.8) is 0 Å². The Morgan fingerprint density at radius 2 is 1.87 bits per heavy atom. The zero-order chi connectivity index (χ0) is 16.7. The quantitative estimate of drug-likeness (QED) is 0.734. The summed E-state index contributed by atoms with van der Waals surface area (Å²) in [6, 6.07) is 15.6. The number of nitrogens with one attached hydrogen (secondary N) is 2. The van der Waals surface area contributed by atoms with Crippen LogP contribution >= 0.6 is 0 Å². The van der Waals surface area contributed by atoms with Gasteiger partial charge in [0.15, 0.2) is 0 Å². The number of aliphatic hydroxyl groups is 1. The number of carbonyl (C=O) groups excluding carboxylic acids is 1. The van der Waals surface area contributed by atoms with Gasteiger partial charge in [-0.2, -0.15) is 0 Å². The minimum absolute atomic E-state index is 0.157. The lowest BCUT2D eigenvalue weighted by Gasteiger charge is -2.19. The van der Waals surface area contributed by atoms with E-state index in [4.69, 9.17) is 9.84 Å². The van der Waals surface area contributed by atoms with Gasteiger partial charge in [-0.05, 0) is 42.3 Å². The summed E-state index contributed by atoms with van der Waals surface area (Å²) in [5.41, 5.74) is 2.72. The topological polar surface area (TPSA) is 70.6 Å². The SMILES string of the molecule is CCC(Nc1cccc(NC(=O)CO)c1)c1ccc(OC)cc1. The smallest absolute Gasteiger partial charge is 0.250 e. The largest absolute Gasteiger partial charge is 0.497 e. The zero-order valence-corrected chi connectivity index (χ0v) is 13.4. The lowest BCUT2D eigenvalue weighted by Crippen LogP contribution is -2.15. The highest BCUT2D eigenvalue weighted by molar-refractivity contribution is 5.91. The van der Waals surface area contributed by atoms with Gasteiger partial charge < -0.3 is 20.5 Å². The monoisotopic (exact) mass is 314 g/mol. The summed E-state index contributed by atoms with van der Waals surface area (Å²) < 4.78 is 5.18. The number of ether oxygens (including phenoxy) is 1. The molecule has 122 valence electrons. The number of benzene rings is 2. The van der Waals surface area contributed by atoms with Gasteiger partial charge in [-0.1, -0.05) is 25.1 Å². The fourth-order valence-electron chi connectivity index (χ4n) is 2.35. The molecule has 5 nitrogen and oxygen atoms in total. The molecule has 1 unspecified atom stereocenters. The minimum atomic E-state index is -0.527. The van der Waals surface area contributed by atoms with E-state index >= 15 is 0 Å². The summed E-state index contributed by atoms with van der Waals surface area (Å²) >= 11 is 0. The van der Waals surface area contributed by atoms with Crippen LogP contribution in [0, 0.1) is 0 Å². The number of rotatable bonds is 7. The molecule has 5 heteroatoms. The van der Waals surface area contributed by atoms with Crippen LogP contribution in [0.1, 0.15) is 24.9 Å². The van der Waals surface area contributed by atoms with Gasteiger partial charge in [-0.15, -0.1) is 0 Å². The highest BCUT2D eigenvalue weighted by Crippen LogP contribution is 2.25. The van der Waals surface area contributed by atoms with Gasteiger partial charge in [0, 0.05) is 11.4 Å². The summed E-state index contributed by atoms with van der Waals surface area (Å²) in [6.07, 6.45) is 0.916. The number of amides is 1. The third-order valence-corrected chi connectivity index (χ3v) is 3.56. The lowest BCUT2D eigenvalue weighted by atomic mass is 10.0. The first-order valence-electron chi connectivity index (χ1n) is 7.57. The molecule has 23 heavy (non-hydrogen) atoms. The van der Waals surface area contributed by atoms with Crippen molar-refractivity contribution >= 4 is 17.3 Å². The van der Waals surface area contributed by atoms with Crippen LogP contribution in [-0.4, -0.2) is 24.7 Å². The molecule has 0 fully saturated rings. The Bertz CT molecular complexity index is 641. The van der Waals surface area contributed by atoms with E-state index in [1.807, 2.05) is 42.5 Å². The van der Waals surface area contributed by atoms with E-state index < -0.39 is 12.5 Å². The van der Waals surface area contributed by atoms with Crippen molar-refractivity contribution in [2.75, 3.05) is 24.4 Å². The molecule has 0 aliphatic rings. The number of aliphatic hydroxyl groups excluding tert-OH is 1. The Balaban J connectivity index is 2.11. The Labute approximate surface area is 136 Å². The number of methoxy groups -OCH3 is 1. The Hall–Kier alpha value is -2.53. The molecule has 0 heterocycles. The second kappa shape index (κ2) is 8.19. The fourth-order valence-corrected chi connectivity index (χ4v) is 2.35. The summed E-state index contributed by atoms with van der Waals surface area (Å²) in [6.45, 7) is 1.58. The van der Waals surface area contributed by atoms with Gasteiger partial charge in [0.2, 0.25) is 5.91 Å². The average molecular weight is 314 g/mol. The minimum Gasteiger partial charge on any atom is -0.497 e. The molecule has 0 saturated carbocycles. The maximum atomic E-state index is 11.3. The van der Waals surface area contributed by atoms with E-state index in [2.05, 4.69) is 17.6 Å². The second-order valence-electron chi connectivity index (χ2n) is 5.17. The summed E-state index contributed by atoms with van der Waals surface area (Å²) in [7, 11) is 1.65. The molecule has 0 aliphatic heterocycles. The molecule has 1 amide bonds. The van der Waals surface area contributed by atoms with E-state index in [0.717, 1.165) is 23.4 Å². The summed E-state index contributed by atoms with van der Waals surface area (Å²) in [5.74, 6) is 0.404. The van der Waals surface area contributed by atoms with Crippen molar-refractivity contribution in [1.29, 1.82) is 0 Å². The average Bonchev–Trinajstić information content (AvgIpc) is 2.60. The number of anilines is 2. The Kier molecular flexibility index (Phi) is 6.00. The van der Waals surface area contributed by atoms with Crippen molar-refractivity contribution < 1.29 is 14.6 Å². The van der Waals surface area contributed by atoms with E-state index in [0.29, 0.717) is 5.69 Å². The molecule has 3 N–H and O–H groups in total. The van der Waals surface area contributed by atoms with Crippen LogP contribution in [0.3, 0.4) is 0 Å². The molecule has 0 aliphatic carbocycles. The van der Waals surface area contributed by atoms with E-state index in [1.54, 1.807) is 13.2 Å². The normalized spacial score (nSPS) is 11.6.